The number of aromatic nitrogens is 2. The third-order valence-corrected chi connectivity index (χ3v) is 4.49. The number of halogens is 2. The Bertz CT molecular complexity index is 868. The summed E-state index contributed by atoms with van der Waals surface area (Å²) in [6.07, 6.45) is -9.00. The average Bonchev–Trinajstić information content (AvgIpc) is 2.87. The summed E-state index contributed by atoms with van der Waals surface area (Å²) >= 11 is 10.5. The lowest BCUT2D eigenvalue weighted by Crippen LogP contribution is -2.38. The van der Waals surface area contributed by atoms with Gasteiger partial charge in [-0.05, 0) is 22.5 Å². The van der Waals surface area contributed by atoms with Crippen LogP contribution in [0.25, 0.3) is 0 Å². The second-order valence-electron chi connectivity index (χ2n) is 5.33. The number of nitrogens with zero attached hydrogens (tertiary/aromatic N) is 1. The number of aliphatic hydroxyl groups excluding tert-OH is 2. The van der Waals surface area contributed by atoms with Gasteiger partial charge in [-0.3, -0.25) is 23.8 Å². The van der Waals surface area contributed by atoms with Gasteiger partial charge in [0.15, 0.2) is 12.8 Å². The molecule has 1 aromatic heterocycles. The second-order valence-corrected chi connectivity index (χ2v) is 9.60. The zero-order valence-corrected chi connectivity index (χ0v) is 16.4. The average molecular weight is 465 g/mol. The number of hydrogen-bond acceptors (Lipinski definition) is 11. The van der Waals surface area contributed by atoms with Gasteiger partial charge < -0.3 is 24.2 Å². The zero-order chi connectivity index (χ0) is 21.1. The first-order valence-corrected chi connectivity index (χ1v) is 10.8. The van der Waals surface area contributed by atoms with Crippen LogP contribution in [0.1, 0.15) is 6.23 Å². The predicted molar refractivity (Wildman–Crippen MR) is 91.1 cm³/mol. The summed E-state index contributed by atoms with van der Waals surface area (Å²) in [7, 11) is 1.09. The maximum absolute atomic E-state index is 12.0. The Balaban J connectivity index is 2.20. The van der Waals surface area contributed by atoms with Crippen LogP contribution in [0.3, 0.4) is 0 Å². The summed E-state index contributed by atoms with van der Waals surface area (Å²) in [5.74, 6) is -1.44. The van der Waals surface area contributed by atoms with Crippen molar-refractivity contribution in [1.82, 2.24) is 9.55 Å². The number of ether oxygens (including phenoxy) is 2. The standard InChI is InChI=1S/C12H15Cl2N2O11P/c1-23-27-7(17)4-24-5-2-16(12(21)15-10(5)20)11-9(19)8(18)6(26-11)3-25-28(13,14)22/h2,6,8-9,11,18-19H,3-4H2,1H3,(H,15,20,21)/t6-,8+,9?,11-/m1/s1. The van der Waals surface area contributed by atoms with Crippen molar-refractivity contribution < 1.29 is 43.3 Å². The van der Waals surface area contributed by atoms with Crippen LogP contribution in [0.4, 0.5) is 0 Å². The van der Waals surface area contributed by atoms with Gasteiger partial charge in [-0.25, -0.2) is 9.59 Å². The smallest absolute Gasteiger partial charge is 0.380 e. The van der Waals surface area contributed by atoms with Crippen LogP contribution in [0, 0.1) is 0 Å². The molecule has 1 unspecified atom stereocenters. The summed E-state index contributed by atoms with van der Waals surface area (Å²) in [4.78, 5) is 45.2. The van der Waals surface area contributed by atoms with Gasteiger partial charge in [0.2, 0.25) is 5.75 Å². The number of aromatic amines is 1. The summed E-state index contributed by atoms with van der Waals surface area (Å²) in [5, 5.41) is 20.1. The summed E-state index contributed by atoms with van der Waals surface area (Å²) in [5.41, 5.74) is -1.97. The SMILES string of the molecule is COOC(=O)COc1cn([C@@H]2O[C@H](COP(=O)(Cl)Cl)[C@H](O)C2O)c(=O)[nH]c1=O. The molecule has 0 amide bonds. The van der Waals surface area contributed by atoms with E-state index in [0.717, 1.165) is 13.3 Å². The van der Waals surface area contributed by atoms with Crippen LogP contribution in [0.5, 0.6) is 5.75 Å². The van der Waals surface area contributed by atoms with E-state index in [1.807, 2.05) is 4.98 Å². The number of carbonyl (C=O) groups excluding carboxylic acids is 1. The highest BCUT2D eigenvalue weighted by molar-refractivity contribution is 8.05. The second kappa shape index (κ2) is 9.37. The Labute approximate surface area is 165 Å². The Hall–Kier alpha value is -1.44. The van der Waals surface area contributed by atoms with Crippen molar-refractivity contribution in [3.05, 3.63) is 27.0 Å². The van der Waals surface area contributed by atoms with E-state index in [9.17, 15) is 29.2 Å². The molecule has 0 bridgehead atoms. The predicted octanol–water partition coefficient (Wildman–Crippen LogP) is -0.759. The van der Waals surface area contributed by atoms with E-state index in [0.29, 0.717) is 4.57 Å². The highest BCUT2D eigenvalue weighted by Gasteiger charge is 2.45. The van der Waals surface area contributed by atoms with Gasteiger partial charge in [-0.2, -0.15) is 4.89 Å². The van der Waals surface area contributed by atoms with Crippen LogP contribution in [0.2, 0.25) is 0 Å². The molecule has 0 aromatic carbocycles. The molecule has 2 rings (SSSR count). The lowest BCUT2D eigenvalue weighted by atomic mass is 10.1. The van der Waals surface area contributed by atoms with Crippen molar-refractivity contribution in [2.75, 3.05) is 20.3 Å². The van der Waals surface area contributed by atoms with Gasteiger partial charge in [0.05, 0.1) is 19.9 Å². The normalized spacial score (nSPS) is 24.9. The topological polar surface area (TPSA) is 176 Å². The monoisotopic (exact) mass is 464 g/mol. The Morgan fingerprint density at radius 3 is 2.64 bits per heavy atom. The Morgan fingerprint density at radius 2 is 2.04 bits per heavy atom. The number of H-pyrrole nitrogens is 1. The van der Waals surface area contributed by atoms with Crippen LogP contribution in [0.15, 0.2) is 15.8 Å². The number of carbonyl (C=O) groups is 1. The van der Waals surface area contributed by atoms with E-state index in [2.05, 4.69) is 14.3 Å². The van der Waals surface area contributed by atoms with Gasteiger partial charge in [0, 0.05) is 0 Å². The molecule has 0 saturated carbocycles. The maximum Gasteiger partial charge on any atom is 0.380 e. The molecule has 1 fully saturated rings. The fourth-order valence-electron chi connectivity index (χ4n) is 2.27. The molecule has 28 heavy (non-hydrogen) atoms. The molecule has 1 aliphatic heterocycles. The number of rotatable bonds is 8. The molecule has 2 heterocycles. The summed E-state index contributed by atoms with van der Waals surface area (Å²) in [6, 6.07) is 0. The van der Waals surface area contributed by atoms with E-state index >= 15 is 0 Å². The highest BCUT2D eigenvalue weighted by Crippen LogP contribution is 2.57. The number of hydrogen-bond donors (Lipinski definition) is 3. The first-order valence-electron chi connectivity index (χ1n) is 7.40. The van der Waals surface area contributed by atoms with Crippen molar-refractivity contribution in [2.45, 2.75) is 24.5 Å². The van der Waals surface area contributed by atoms with Crippen molar-refractivity contribution in [1.29, 1.82) is 0 Å². The molecule has 158 valence electrons. The van der Waals surface area contributed by atoms with Gasteiger partial charge in [-0.1, -0.05) is 0 Å². The van der Waals surface area contributed by atoms with Crippen molar-refractivity contribution >= 4 is 34.5 Å². The lowest BCUT2D eigenvalue weighted by Gasteiger charge is -2.18. The fraction of sp³-hybridized carbons (Fsp3) is 0.583. The lowest BCUT2D eigenvalue weighted by molar-refractivity contribution is -0.256. The molecule has 1 aromatic rings. The molecular weight excluding hydrogens is 450 g/mol. The molecule has 4 atom stereocenters. The Morgan fingerprint density at radius 1 is 1.36 bits per heavy atom. The molecule has 0 aliphatic carbocycles. The number of aliphatic hydroxyl groups is 2. The molecular formula is C12H15Cl2N2O11P. The van der Waals surface area contributed by atoms with Crippen molar-refractivity contribution in [2.24, 2.45) is 0 Å². The molecule has 1 aliphatic rings. The molecule has 16 heteroatoms. The maximum atomic E-state index is 12.0. The summed E-state index contributed by atoms with van der Waals surface area (Å²) < 4.78 is 26.8. The van der Waals surface area contributed by atoms with Crippen LogP contribution in [-0.4, -0.2) is 64.4 Å². The Kier molecular flexibility index (Phi) is 7.65. The van der Waals surface area contributed by atoms with E-state index < -0.39 is 66.8 Å². The van der Waals surface area contributed by atoms with E-state index in [1.54, 1.807) is 0 Å². The van der Waals surface area contributed by atoms with Gasteiger partial charge in [0.1, 0.15) is 18.3 Å². The first kappa shape index (κ1) is 22.8. The molecule has 0 spiro atoms. The van der Waals surface area contributed by atoms with Crippen molar-refractivity contribution in [3.8, 4) is 5.75 Å². The zero-order valence-electron chi connectivity index (χ0n) is 14.0. The van der Waals surface area contributed by atoms with Crippen LogP contribution >= 0.6 is 28.6 Å². The number of nitrogens with one attached hydrogen (secondary N) is 1. The van der Waals surface area contributed by atoms with E-state index in [-0.39, 0.29) is 0 Å². The molecule has 1 saturated heterocycles. The first-order chi connectivity index (χ1) is 13.0. The molecule has 3 N–H and O–H groups in total. The van der Waals surface area contributed by atoms with Crippen LogP contribution in [-0.2, 0) is 28.4 Å². The third-order valence-electron chi connectivity index (χ3n) is 3.46. The fourth-order valence-corrected chi connectivity index (χ4v) is 2.93. The van der Waals surface area contributed by atoms with Gasteiger partial charge >= 0.3 is 17.7 Å². The minimum absolute atomic E-state index is 0.483. The third kappa shape index (κ3) is 5.78. The quantitative estimate of drug-likeness (QED) is 0.250. The van der Waals surface area contributed by atoms with Gasteiger partial charge in [-0.15, -0.1) is 0 Å². The van der Waals surface area contributed by atoms with Gasteiger partial charge in [0.25, 0.3) is 5.56 Å². The minimum atomic E-state index is -3.92. The van der Waals surface area contributed by atoms with E-state index in [1.165, 1.54) is 0 Å². The van der Waals surface area contributed by atoms with Crippen molar-refractivity contribution in [3.63, 3.8) is 0 Å². The minimum Gasteiger partial charge on any atom is -0.475 e. The molecule has 13 nitrogen and oxygen atoms in total. The highest BCUT2D eigenvalue weighted by atomic mass is 35.9. The summed E-state index contributed by atoms with van der Waals surface area (Å²) in [6.45, 7) is -1.27. The van der Waals surface area contributed by atoms with Crippen LogP contribution < -0.4 is 16.0 Å². The largest absolute Gasteiger partial charge is 0.475 e. The molecule has 0 radical (unpaired) electrons. The van der Waals surface area contributed by atoms with E-state index in [4.69, 9.17) is 32.0 Å².